The van der Waals surface area contributed by atoms with Crippen LogP contribution >= 0.6 is 0 Å². The summed E-state index contributed by atoms with van der Waals surface area (Å²) < 4.78 is 5.06. The minimum atomic E-state index is -0.0918. The lowest BCUT2D eigenvalue weighted by Crippen LogP contribution is -2.33. The Labute approximate surface area is 85.0 Å². The molecule has 4 N–H and O–H groups in total. The van der Waals surface area contributed by atoms with Crippen molar-refractivity contribution < 1.29 is 4.74 Å². The van der Waals surface area contributed by atoms with Gasteiger partial charge in [-0.25, -0.2) is 0 Å². The summed E-state index contributed by atoms with van der Waals surface area (Å²) in [7, 11) is 1.65. The van der Waals surface area contributed by atoms with Crippen LogP contribution < -0.4 is 16.2 Å². The Hall–Kier alpha value is -1.06. The molecule has 2 atom stereocenters. The van der Waals surface area contributed by atoms with Gasteiger partial charge in [0, 0.05) is 12.1 Å². The highest BCUT2D eigenvalue weighted by molar-refractivity contribution is 5.29. The van der Waals surface area contributed by atoms with E-state index in [1.54, 1.807) is 7.11 Å². The van der Waals surface area contributed by atoms with E-state index in [9.17, 15) is 0 Å². The van der Waals surface area contributed by atoms with Crippen LogP contribution in [0.15, 0.2) is 24.3 Å². The number of methoxy groups -OCH3 is 1. The van der Waals surface area contributed by atoms with E-state index in [1.165, 1.54) is 0 Å². The Kier molecular flexibility index (Phi) is 3.92. The molecule has 0 spiro atoms. The average molecular weight is 194 g/mol. The zero-order chi connectivity index (χ0) is 10.6. The summed E-state index contributed by atoms with van der Waals surface area (Å²) in [6.07, 6.45) is 0.882. The highest BCUT2D eigenvalue weighted by atomic mass is 16.5. The molecule has 0 aromatic heterocycles. The lowest BCUT2D eigenvalue weighted by molar-refractivity contribution is 0.414. The van der Waals surface area contributed by atoms with Gasteiger partial charge in [-0.15, -0.1) is 0 Å². The lowest BCUT2D eigenvalue weighted by atomic mass is 9.99. The fourth-order valence-corrected chi connectivity index (χ4v) is 1.33. The Morgan fingerprint density at radius 1 is 1.21 bits per heavy atom. The van der Waals surface area contributed by atoms with Gasteiger partial charge >= 0.3 is 0 Å². The van der Waals surface area contributed by atoms with Crippen LogP contribution in [0.3, 0.4) is 0 Å². The summed E-state index contributed by atoms with van der Waals surface area (Å²) in [5.74, 6) is 0.839. The molecule has 0 aliphatic carbocycles. The van der Waals surface area contributed by atoms with Crippen LogP contribution in [0, 0.1) is 0 Å². The zero-order valence-electron chi connectivity index (χ0n) is 8.73. The molecule has 1 aromatic carbocycles. The molecule has 0 aliphatic rings. The van der Waals surface area contributed by atoms with Gasteiger partial charge < -0.3 is 16.2 Å². The zero-order valence-corrected chi connectivity index (χ0v) is 8.73. The van der Waals surface area contributed by atoms with Crippen molar-refractivity contribution >= 4 is 0 Å². The van der Waals surface area contributed by atoms with Crippen molar-refractivity contribution in [2.45, 2.75) is 25.4 Å². The maximum Gasteiger partial charge on any atom is 0.118 e. The molecule has 0 radical (unpaired) electrons. The number of nitrogens with two attached hydrogens (primary N) is 2. The molecule has 3 heteroatoms. The van der Waals surface area contributed by atoms with E-state index in [2.05, 4.69) is 0 Å². The molecular formula is C11H18N2O. The van der Waals surface area contributed by atoms with Gasteiger partial charge in [-0.3, -0.25) is 0 Å². The summed E-state index contributed by atoms with van der Waals surface area (Å²) in [4.78, 5) is 0. The van der Waals surface area contributed by atoms with Gasteiger partial charge in [0.05, 0.1) is 7.11 Å². The summed E-state index contributed by atoms with van der Waals surface area (Å²) in [5.41, 5.74) is 12.9. The number of rotatable bonds is 4. The van der Waals surface area contributed by atoms with Crippen LogP contribution in [0.25, 0.3) is 0 Å². The summed E-state index contributed by atoms with van der Waals surface area (Å²) in [6, 6.07) is 7.64. The molecule has 3 nitrogen and oxygen atoms in total. The Morgan fingerprint density at radius 2 is 1.79 bits per heavy atom. The Morgan fingerprint density at radius 3 is 2.21 bits per heavy atom. The van der Waals surface area contributed by atoms with E-state index in [0.29, 0.717) is 0 Å². The van der Waals surface area contributed by atoms with Crippen LogP contribution in [0.2, 0.25) is 0 Å². The molecule has 14 heavy (non-hydrogen) atoms. The van der Waals surface area contributed by atoms with Crippen molar-refractivity contribution in [2.24, 2.45) is 11.5 Å². The summed E-state index contributed by atoms with van der Waals surface area (Å²) in [5, 5.41) is 0. The maximum absolute atomic E-state index is 5.97. The molecule has 0 aliphatic heterocycles. The molecule has 78 valence electrons. The first-order valence-electron chi connectivity index (χ1n) is 4.84. The second kappa shape index (κ2) is 4.98. The van der Waals surface area contributed by atoms with Crippen molar-refractivity contribution in [3.05, 3.63) is 29.8 Å². The molecule has 1 aromatic rings. The molecule has 1 rings (SSSR count). The first kappa shape index (κ1) is 11.0. The summed E-state index contributed by atoms with van der Waals surface area (Å²) >= 11 is 0. The normalized spacial score (nSPS) is 14.9. The molecule has 0 fully saturated rings. The Balaban J connectivity index is 2.75. The monoisotopic (exact) mass is 194 g/mol. The van der Waals surface area contributed by atoms with Gasteiger partial charge in [-0.05, 0) is 24.1 Å². The molecular weight excluding hydrogens is 176 g/mol. The molecule has 0 heterocycles. The third-order valence-corrected chi connectivity index (χ3v) is 2.43. The van der Waals surface area contributed by atoms with Crippen LogP contribution in [-0.4, -0.2) is 13.2 Å². The third-order valence-electron chi connectivity index (χ3n) is 2.43. The van der Waals surface area contributed by atoms with Gasteiger partial charge in [0.2, 0.25) is 0 Å². The predicted molar refractivity (Wildman–Crippen MR) is 58.2 cm³/mol. The summed E-state index contributed by atoms with van der Waals surface area (Å²) in [6.45, 7) is 2.04. The second-order valence-corrected chi connectivity index (χ2v) is 3.37. The molecule has 0 unspecified atom stereocenters. The Bertz CT molecular complexity index is 271. The first-order valence-corrected chi connectivity index (χ1v) is 4.84. The topological polar surface area (TPSA) is 61.3 Å². The largest absolute Gasteiger partial charge is 0.497 e. The van der Waals surface area contributed by atoms with E-state index in [4.69, 9.17) is 16.2 Å². The van der Waals surface area contributed by atoms with Crippen molar-refractivity contribution in [1.29, 1.82) is 0 Å². The van der Waals surface area contributed by atoms with E-state index >= 15 is 0 Å². The fraction of sp³-hybridized carbons (Fsp3) is 0.455. The van der Waals surface area contributed by atoms with Gasteiger partial charge in [0.15, 0.2) is 0 Å². The number of hydrogen-bond donors (Lipinski definition) is 2. The predicted octanol–water partition coefficient (Wildman–Crippen LogP) is 1.43. The van der Waals surface area contributed by atoms with Crippen molar-refractivity contribution in [2.75, 3.05) is 7.11 Å². The van der Waals surface area contributed by atoms with E-state index in [0.717, 1.165) is 17.7 Å². The van der Waals surface area contributed by atoms with Crippen LogP contribution in [0.4, 0.5) is 0 Å². The van der Waals surface area contributed by atoms with Gasteiger partial charge in [0.25, 0.3) is 0 Å². The average Bonchev–Trinajstić information content (AvgIpc) is 2.27. The van der Waals surface area contributed by atoms with E-state index < -0.39 is 0 Å². The van der Waals surface area contributed by atoms with Gasteiger partial charge in [-0.1, -0.05) is 19.1 Å². The highest BCUT2D eigenvalue weighted by Crippen LogP contribution is 2.18. The minimum Gasteiger partial charge on any atom is -0.497 e. The van der Waals surface area contributed by atoms with Crippen molar-refractivity contribution in [3.8, 4) is 5.75 Å². The number of benzene rings is 1. The van der Waals surface area contributed by atoms with Crippen LogP contribution in [-0.2, 0) is 0 Å². The maximum atomic E-state index is 5.97. The van der Waals surface area contributed by atoms with E-state index in [1.807, 2.05) is 31.2 Å². The van der Waals surface area contributed by atoms with Crippen molar-refractivity contribution in [3.63, 3.8) is 0 Å². The first-order chi connectivity index (χ1) is 6.69. The lowest BCUT2D eigenvalue weighted by Gasteiger charge is -2.18. The molecule has 0 saturated carbocycles. The quantitative estimate of drug-likeness (QED) is 0.762. The van der Waals surface area contributed by atoms with Crippen molar-refractivity contribution in [1.82, 2.24) is 0 Å². The highest BCUT2D eigenvalue weighted by Gasteiger charge is 2.12. The molecule has 0 bridgehead atoms. The van der Waals surface area contributed by atoms with Gasteiger partial charge in [0.1, 0.15) is 5.75 Å². The van der Waals surface area contributed by atoms with Crippen LogP contribution in [0.1, 0.15) is 24.9 Å². The number of hydrogen-bond acceptors (Lipinski definition) is 3. The minimum absolute atomic E-state index is 0.0170. The molecule has 0 saturated heterocycles. The standard InChI is InChI=1S/C11H18N2O/c1-3-10(12)11(13)8-4-6-9(14-2)7-5-8/h4-7,10-11H,3,12-13H2,1-2H3/t10-,11+/m0/s1. The fourth-order valence-electron chi connectivity index (χ4n) is 1.33. The van der Waals surface area contributed by atoms with Gasteiger partial charge in [-0.2, -0.15) is 0 Å². The number of ether oxygens (including phenoxy) is 1. The van der Waals surface area contributed by atoms with E-state index in [-0.39, 0.29) is 12.1 Å². The molecule has 0 amide bonds. The SMILES string of the molecule is CC[C@H](N)[C@H](N)c1ccc(OC)cc1. The van der Waals surface area contributed by atoms with Crippen LogP contribution in [0.5, 0.6) is 5.75 Å². The smallest absolute Gasteiger partial charge is 0.118 e. The third kappa shape index (κ3) is 2.47. The second-order valence-electron chi connectivity index (χ2n) is 3.37.